The largest absolute Gasteiger partial charge is 0.497 e. The lowest BCUT2D eigenvalue weighted by molar-refractivity contribution is 0.351. The SMILES string of the molecule is COc1ccc2nccc(N3CCC(Cn4cncc(C)c4=O)CC3)c2c1. The van der Waals surface area contributed by atoms with Gasteiger partial charge >= 0.3 is 0 Å². The van der Waals surface area contributed by atoms with Crippen molar-refractivity contribution in [1.29, 1.82) is 0 Å². The van der Waals surface area contributed by atoms with Gasteiger partial charge in [0.05, 0.1) is 19.0 Å². The van der Waals surface area contributed by atoms with Crippen molar-refractivity contribution in [2.24, 2.45) is 5.92 Å². The molecule has 3 aromatic rings. The molecular formula is C21H24N4O2. The molecule has 1 aliphatic rings. The molecule has 1 fully saturated rings. The summed E-state index contributed by atoms with van der Waals surface area (Å²) in [7, 11) is 1.69. The zero-order valence-electron chi connectivity index (χ0n) is 15.8. The highest BCUT2D eigenvalue weighted by molar-refractivity contribution is 5.92. The minimum absolute atomic E-state index is 0.0691. The van der Waals surface area contributed by atoms with E-state index in [1.165, 1.54) is 5.69 Å². The fourth-order valence-electron chi connectivity index (χ4n) is 3.84. The number of methoxy groups -OCH3 is 1. The predicted molar refractivity (Wildman–Crippen MR) is 106 cm³/mol. The molecule has 0 unspecified atom stereocenters. The molecule has 0 N–H and O–H groups in total. The summed E-state index contributed by atoms with van der Waals surface area (Å²) in [6.07, 6.45) is 7.26. The van der Waals surface area contributed by atoms with Crippen LogP contribution < -0.4 is 15.2 Å². The lowest BCUT2D eigenvalue weighted by Gasteiger charge is -2.34. The van der Waals surface area contributed by atoms with E-state index < -0.39 is 0 Å². The van der Waals surface area contributed by atoms with Gasteiger partial charge in [-0.25, -0.2) is 4.98 Å². The number of aromatic nitrogens is 3. The number of aryl methyl sites for hydroxylation is 1. The van der Waals surface area contributed by atoms with Crippen LogP contribution in [0, 0.1) is 12.8 Å². The van der Waals surface area contributed by atoms with Gasteiger partial charge in [0.1, 0.15) is 5.75 Å². The topological polar surface area (TPSA) is 60.2 Å². The molecule has 6 heteroatoms. The average molecular weight is 364 g/mol. The Balaban J connectivity index is 1.50. The fourth-order valence-corrected chi connectivity index (χ4v) is 3.84. The molecule has 140 valence electrons. The van der Waals surface area contributed by atoms with Crippen LogP contribution in [0.15, 0.2) is 47.8 Å². The van der Waals surface area contributed by atoms with Crippen LogP contribution in [0.2, 0.25) is 0 Å². The van der Waals surface area contributed by atoms with E-state index >= 15 is 0 Å². The maximum Gasteiger partial charge on any atom is 0.256 e. The van der Waals surface area contributed by atoms with Gasteiger partial charge in [-0.2, -0.15) is 0 Å². The van der Waals surface area contributed by atoms with Crippen molar-refractivity contribution >= 4 is 16.6 Å². The minimum atomic E-state index is 0.0691. The number of piperidine rings is 1. The number of pyridine rings is 1. The maximum atomic E-state index is 12.2. The number of anilines is 1. The Labute approximate surface area is 158 Å². The molecule has 1 aliphatic heterocycles. The molecule has 1 saturated heterocycles. The standard InChI is InChI=1S/C21H24N4O2/c1-15-12-22-14-25(21(15)26)13-16-6-9-24(10-7-16)20-5-8-23-19-4-3-17(27-2)11-18(19)20/h3-5,8,11-12,14,16H,6-7,9-10,13H2,1-2H3. The van der Waals surface area contributed by atoms with Crippen LogP contribution in [0.5, 0.6) is 5.75 Å². The normalized spacial score (nSPS) is 15.3. The van der Waals surface area contributed by atoms with E-state index in [-0.39, 0.29) is 5.56 Å². The molecule has 2 aromatic heterocycles. The van der Waals surface area contributed by atoms with Gasteiger partial charge in [-0.05, 0) is 49.9 Å². The van der Waals surface area contributed by atoms with Crippen LogP contribution in [0.4, 0.5) is 5.69 Å². The average Bonchev–Trinajstić information content (AvgIpc) is 2.71. The number of nitrogens with zero attached hydrogens (tertiary/aromatic N) is 4. The van der Waals surface area contributed by atoms with Crippen LogP contribution in [-0.2, 0) is 6.54 Å². The molecular weight excluding hydrogens is 340 g/mol. The molecule has 0 amide bonds. The van der Waals surface area contributed by atoms with Gasteiger partial charge in [0.25, 0.3) is 5.56 Å². The quantitative estimate of drug-likeness (QED) is 0.712. The number of rotatable bonds is 4. The molecule has 3 heterocycles. The highest BCUT2D eigenvalue weighted by Crippen LogP contribution is 2.31. The predicted octanol–water partition coefficient (Wildman–Crippen LogP) is 3.03. The van der Waals surface area contributed by atoms with Gasteiger partial charge in [-0.3, -0.25) is 14.3 Å². The summed E-state index contributed by atoms with van der Waals surface area (Å²) in [6.45, 7) is 4.49. The summed E-state index contributed by atoms with van der Waals surface area (Å²) in [6, 6.07) is 8.08. The number of benzene rings is 1. The smallest absolute Gasteiger partial charge is 0.256 e. The Morgan fingerprint density at radius 2 is 2.04 bits per heavy atom. The summed E-state index contributed by atoms with van der Waals surface area (Å²) in [5.41, 5.74) is 2.95. The second-order valence-corrected chi connectivity index (χ2v) is 7.18. The third-order valence-electron chi connectivity index (χ3n) is 5.41. The molecule has 0 radical (unpaired) electrons. The molecule has 0 aliphatic carbocycles. The van der Waals surface area contributed by atoms with Gasteiger partial charge in [0.2, 0.25) is 0 Å². The first-order valence-electron chi connectivity index (χ1n) is 9.34. The monoisotopic (exact) mass is 364 g/mol. The number of hydrogen-bond acceptors (Lipinski definition) is 5. The van der Waals surface area contributed by atoms with Crippen molar-refractivity contribution in [2.75, 3.05) is 25.1 Å². The first kappa shape index (κ1) is 17.5. The van der Waals surface area contributed by atoms with Crippen LogP contribution in [0.25, 0.3) is 10.9 Å². The van der Waals surface area contributed by atoms with Gasteiger partial charge in [-0.15, -0.1) is 0 Å². The zero-order chi connectivity index (χ0) is 18.8. The summed E-state index contributed by atoms with van der Waals surface area (Å²) in [5.74, 6) is 1.34. The third kappa shape index (κ3) is 3.52. The van der Waals surface area contributed by atoms with E-state index in [1.807, 2.05) is 25.3 Å². The molecule has 6 nitrogen and oxygen atoms in total. The molecule has 27 heavy (non-hydrogen) atoms. The van der Waals surface area contributed by atoms with Gasteiger partial charge in [0, 0.05) is 48.7 Å². The van der Waals surface area contributed by atoms with E-state index in [1.54, 1.807) is 24.2 Å². The molecule has 0 atom stereocenters. The van der Waals surface area contributed by atoms with Crippen molar-refractivity contribution < 1.29 is 4.74 Å². The number of ether oxygens (including phenoxy) is 1. The van der Waals surface area contributed by atoms with Crippen molar-refractivity contribution in [1.82, 2.24) is 14.5 Å². The number of fused-ring (bicyclic) bond motifs is 1. The highest BCUT2D eigenvalue weighted by Gasteiger charge is 2.21. The Morgan fingerprint density at radius 1 is 1.22 bits per heavy atom. The lowest BCUT2D eigenvalue weighted by Crippen LogP contribution is -2.36. The molecule has 4 rings (SSSR count). The molecule has 0 saturated carbocycles. The molecule has 0 bridgehead atoms. The van der Waals surface area contributed by atoms with E-state index in [0.29, 0.717) is 11.5 Å². The van der Waals surface area contributed by atoms with E-state index in [4.69, 9.17) is 4.74 Å². The van der Waals surface area contributed by atoms with Crippen molar-refractivity contribution in [3.05, 3.63) is 58.9 Å². The van der Waals surface area contributed by atoms with E-state index in [0.717, 1.165) is 49.1 Å². The van der Waals surface area contributed by atoms with Gasteiger partial charge < -0.3 is 9.64 Å². The minimum Gasteiger partial charge on any atom is -0.497 e. The molecule has 0 spiro atoms. The lowest BCUT2D eigenvalue weighted by atomic mass is 9.96. The second kappa shape index (κ2) is 7.39. The third-order valence-corrected chi connectivity index (χ3v) is 5.41. The first-order chi connectivity index (χ1) is 13.2. The summed E-state index contributed by atoms with van der Waals surface area (Å²) in [4.78, 5) is 23.3. The van der Waals surface area contributed by atoms with Crippen molar-refractivity contribution in [2.45, 2.75) is 26.3 Å². The summed E-state index contributed by atoms with van der Waals surface area (Å²) < 4.78 is 7.14. The van der Waals surface area contributed by atoms with E-state index in [9.17, 15) is 4.79 Å². The summed E-state index contributed by atoms with van der Waals surface area (Å²) >= 11 is 0. The van der Waals surface area contributed by atoms with Crippen molar-refractivity contribution in [3.8, 4) is 5.75 Å². The van der Waals surface area contributed by atoms with Gasteiger partial charge in [-0.1, -0.05) is 0 Å². The van der Waals surface area contributed by atoms with Crippen LogP contribution >= 0.6 is 0 Å². The Morgan fingerprint density at radius 3 is 2.81 bits per heavy atom. The Kier molecular flexibility index (Phi) is 4.79. The zero-order valence-corrected chi connectivity index (χ0v) is 15.8. The number of hydrogen-bond donors (Lipinski definition) is 0. The summed E-state index contributed by atoms with van der Waals surface area (Å²) in [5, 5.41) is 1.12. The Hall–Kier alpha value is -2.89. The fraction of sp³-hybridized carbons (Fsp3) is 0.381. The molecule has 1 aromatic carbocycles. The maximum absolute atomic E-state index is 12.2. The van der Waals surface area contributed by atoms with Crippen molar-refractivity contribution in [3.63, 3.8) is 0 Å². The Bertz CT molecular complexity index is 1010. The second-order valence-electron chi connectivity index (χ2n) is 7.18. The first-order valence-corrected chi connectivity index (χ1v) is 9.34. The highest BCUT2D eigenvalue weighted by atomic mass is 16.5. The van der Waals surface area contributed by atoms with Gasteiger partial charge in [0.15, 0.2) is 0 Å². The van der Waals surface area contributed by atoms with Crippen LogP contribution in [0.3, 0.4) is 0 Å². The van der Waals surface area contributed by atoms with Crippen LogP contribution in [0.1, 0.15) is 18.4 Å². The van der Waals surface area contributed by atoms with E-state index in [2.05, 4.69) is 27.0 Å². The van der Waals surface area contributed by atoms with Crippen LogP contribution in [-0.4, -0.2) is 34.7 Å².